The molecule has 1 amide bonds. The first-order chi connectivity index (χ1) is 14.6. The normalized spacial score (nSPS) is 13.5. The Morgan fingerprint density at radius 1 is 0.900 bits per heavy atom. The summed E-state index contributed by atoms with van der Waals surface area (Å²) in [5.74, 6) is 2.12. The zero-order chi connectivity index (χ0) is 20.8. The van der Waals surface area contributed by atoms with E-state index in [2.05, 4.69) is 9.97 Å². The van der Waals surface area contributed by atoms with E-state index in [0.717, 1.165) is 39.5 Å². The molecule has 0 bridgehead atoms. The average Bonchev–Trinajstić information content (AvgIpc) is 3.38. The molecule has 0 atom stereocenters. The van der Waals surface area contributed by atoms with Gasteiger partial charge in [0, 0.05) is 59.2 Å². The van der Waals surface area contributed by atoms with Gasteiger partial charge in [0.1, 0.15) is 22.9 Å². The number of carbonyl (C=O) groups excluding carboxylic acids is 1. The lowest BCUT2D eigenvalue weighted by Gasteiger charge is -2.27. The van der Waals surface area contributed by atoms with Gasteiger partial charge in [-0.15, -0.1) is 0 Å². The van der Waals surface area contributed by atoms with Gasteiger partial charge in [0.25, 0.3) is 5.91 Å². The van der Waals surface area contributed by atoms with Gasteiger partial charge in [-0.1, -0.05) is 0 Å². The molecule has 7 nitrogen and oxygen atoms in total. The van der Waals surface area contributed by atoms with Crippen LogP contribution in [0.3, 0.4) is 0 Å². The largest absolute Gasteiger partial charge is 0.497 e. The highest BCUT2D eigenvalue weighted by Gasteiger charge is 2.26. The Hall–Kier alpha value is -3.61. The van der Waals surface area contributed by atoms with Crippen LogP contribution in [0.4, 0.5) is 0 Å². The fourth-order valence-electron chi connectivity index (χ4n) is 4.25. The molecule has 4 aromatic rings. The van der Waals surface area contributed by atoms with Crippen LogP contribution in [0.2, 0.25) is 0 Å². The van der Waals surface area contributed by atoms with Crippen LogP contribution in [0.5, 0.6) is 17.2 Å². The second-order valence-electron chi connectivity index (χ2n) is 7.44. The molecule has 3 heterocycles. The Kier molecular flexibility index (Phi) is 4.31. The van der Waals surface area contributed by atoms with Crippen molar-refractivity contribution in [2.75, 3.05) is 27.9 Å². The number of H-pyrrole nitrogens is 2. The lowest BCUT2D eigenvalue weighted by Crippen LogP contribution is -2.35. The first-order valence-electron chi connectivity index (χ1n) is 9.82. The van der Waals surface area contributed by atoms with E-state index in [-0.39, 0.29) is 5.91 Å². The fraction of sp³-hybridized carbons (Fsp3) is 0.261. The molecule has 1 aliphatic heterocycles. The van der Waals surface area contributed by atoms with Crippen LogP contribution in [0.1, 0.15) is 21.7 Å². The number of nitrogens with zero attached hydrogens (tertiary/aromatic N) is 1. The maximum absolute atomic E-state index is 13.3. The second kappa shape index (κ2) is 7.02. The van der Waals surface area contributed by atoms with Crippen molar-refractivity contribution < 1.29 is 19.0 Å². The van der Waals surface area contributed by atoms with Crippen LogP contribution < -0.4 is 14.2 Å². The third-order valence-electron chi connectivity index (χ3n) is 5.83. The molecule has 0 unspecified atom stereocenters. The standard InChI is InChI=1S/C23H23N3O4/c1-28-13-4-5-18-15(8-13)17-12-26(7-6-19(17)24-18)23(27)21-11-16-20(25-21)9-14(29-2)10-22(16)30-3/h4-5,8-11,24-25H,6-7,12H2,1-3H3. The van der Waals surface area contributed by atoms with E-state index in [1.807, 2.05) is 41.3 Å². The fourth-order valence-corrected chi connectivity index (χ4v) is 4.25. The van der Waals surface area contributed by atoms with E-state index in [1.165, 1.54) is 5.69 Å². The molecule has 0 saturated heterocycles. The molecule has 30 heavy (non-hydrogen) atoms. The number of ether oxygens (including phenoxy) is 3. The van der Waals surface area contributed by atoms with Crippen molar-refractivity contribution in [1.29, 1.82) is 0 Å². The maximum Gasteiger partial charge on any atom is 0.270 e. The molecule has 0 spiro atoms. The molecule has 0 fully saturated rings. The minimum atomic E-state index is -0.0323. The number of benzene rings is 2. The summed E-state index contributed by atoms with van der Waals surface area (Å²) in [6.07, 6.45) is 0.787. The maximum atomic E-state index is 13.3. The van der Waals surface area contributed by atoms with Gasteiger partial charge in [-0.2, -0.15) is 0 Å². The Balaban J connectivity index is 1.49. The number of fused-ring (bicyclic) bond motifs is 4. The molecule has 5 rings (SSSR count). The summed E-state index contributed by atoms with van der Waals surface area (Å²) < 4.78 is 16.2. The Labute approximate surface area is 173 Å². The number of amides is 1. The van der Waals surface area contributed by atoms with E-state index >= 15 is 0 Å². The van der Waals surface area contributed by atoms with Gasteiger partial charge in [0.15, 0.2) is 0 Å². The Morgan fingerprint density at radius 3 is 2.50 bits per heavy atom. The van der Waals surface area contributed by atoms with E-state index < -0.39 is 0 Å². The van der Waals surface area contributed by atoms with Gasteiger partial charge in [-0.25, -0.2) is 0 Å². The van der Waals surface area contributed by atoms with Crippen LogP contribution in [0.15, 0.2) is 36.4 Å². The molecular formula is C23H23N3O4. The topological polar surface area (TPSA) is 79.6 Å². The summed E-state index contributed by atoms with van der Waals surface area (Å²) in [6.45, 7) is 1.21. The molecule has 0 radical (unpaired) electrons. The minimum absolute atomic E-state index is 0.0323. The lowest BCUT2D eigenvalue weighted by molar-refractivity contribution is 0.0730. The molecule has 1 aliphatic rings. The molecule has 7 heteroatoms. The van der Waals surface area contributed by atoms with Crippen LogP contribution >= 0.6 is 0 Å². The van der Waals surface area contributed by atoms with Crippen molar-refractivity contribution >= 4 is 27.7 Å². The van der Waals surface area contributed by atoms with Gasteiger partial charge in [0.2, 0.25) is 0 Å². The molecule has 0 aliphatic carbocycles. The average molecular weight is 405 g/mol. The highest BCUT2D eigenvalue weighted by atomic mass is 16.5. The molecule has 2 N–H and O–H groups in total. The van der Waals surface area contributed by atoms with Crippen molar-refractivity contribution in [2.24, 2.45) is 0 Å². The summed E-state index contributed by atoms with van der Waals surface area (Å²) in [5, 5.41) is 1.96. The van der Waals surface area contributed by atoms with E-state index in [9.17, 15) is 4.79 Å². The Bertz CT molecular complexity index is 1270. The van der Waals surface area contributed by atoms with Gasteiger partial charge in [0.05, 0.1) is 26.8 Å². The number of hydrogen-bond donors (Lipinski definition) is 2. The number of hydrogen-bond acceptors (Lipinski definition) is 4. The number of carbonyl (C=O) groups is 1. The monoisotopic (exact) mass is 405 g/mol. The molecular weight excluding hydrogens is 382 g/mol. The zero-order valence-corrected chi connectivity index (χ0v) is 17.2. The van der Waals surface area contributed by atoms with E-state index in [1.54, 1.807) is 21.3 Å². The number of nitrogens with one attached hydrogen (secondary N) is 2. The summed E-state index contributed by atoms with van der Waals surface area (Å²) in [4.78, 5) is 21.9. The van der Waals surface area contributed by atoms with Crippen molar-refractivity contribution in [2.45, 2.75) is 13.0 Å². The molecule has 2 aromatic carbocycles. The van der Waals surface area contributed by atoms with Crippen molar-refractivity contribution in [1.82, 2.24) is 14.9 Å². The minimum Gasteiger partial charge on any atom is -0.497 e. The summed E-state index contributed by atoms with van der Waals surface area (Å²) in [5.41, 5.74) is 4.75. The second-order valence-corrected chi connectivity index (χ2v) is 7.44. The molecule has 0 saturated carbocycles. The highest BCUT2D eigenvalue weighted by molar-refractivity contribution is 6.00. The number of aromatic nitrogens is 2. The van der Waals surface area contributed by atoms with Crippen LogP contribution in [0.25, 0.3) is 21.8 Å². The predicted octanol–water partition coefficient (Wildman–Crippen LogP) is 3.87. The highest BCUT2D eigenvalue weighted by Crippen LogP contribution is 2.34. The van der Waals surface area contributed by atoms with Gasteiger partial charge < -0.3 is 29.1 Å². The van der Waals surface area contributed by atoms with Crippen LogP contribution in [0, 0.1) is 0 Å². The number of aromatic amines is 2. The SMILES string of the molecule is COc1cc(OC)c2cc(C(=O)N3CCc4[nH]c5ccc(OC)cc5c4C3)[nH]c2c1. The summed E-state index contributed by atoms with van der Waals surface area (Å²) in [7, 11) is 4.88. The third kappa shape index (κ3) is 2.85. The third-order valence-corrected chi connectivity index (χ3v) is 5.83. The first-order valence-corrected chi connectivity index (χ1v) is 9.82. The first kappa shape index (κ1) is 18.4. The van der Waals surface area contributed by atoms with Gasteiger partial charge in [-0.3, -0.25) is 4.79 Å². The van der Waals surface area contributed by atoms with Crippen molar-refractivity contribution in [3.8, 4) is 17.2 Å². The Morgan fingerprint density at radius 2 is 1.73 bits per heavy atom. The number of methoxy groups -OCH3 is 3. The number of rotatable bonds is 4. The quantitative estimate of drug-likeness (QED) is 0.540. The van der Waals surface area contributed by atoms with Crippen molar-refractivity contribution in [3.63, 3.8) is 0 Å². The smallest absolute Gasteiger partial charge is 0.270 e. The lowest BCUT2D eigenvalue weighted by atomic mass is 10.0. The van der Waals surface area contributed by atoms with Gasteiger partial charge in [-0.05, 0) is 24.3 Å². The van der Waals surface area contributed by atoms with Crippen LogP contribution in [-0.4, -0.2) is 48.6 Å². The van der Waals surface area contributed by atoms with E-state index in [4.69, 9.17) is 14.2 Å². The van der Waals surface area contributed by atoms with Crippen molar-refractivity contribution in [3.05, 3.63) is 53.3 Å². The van der Waals surface area contributed by atoms with Gasteiger partial charge >= 0.3 is 0 Å². The zero-order valence-electron chi connectivity index (χ0n) is 17.2. The summed E-state index contributed by atoms with van der Waals surface area (Å²) >= 11 is 0. The molecule has 2 aromatic heterocycles. The summed E-state index contributed by atoms with van der Waals surface area (Å²) in [6, 6.07) is 11.5. The van der Waals surface area contributed by atoms with E-state index in [0.29, 0.717) is 30.3 Å². The predicted molar refractivity (Wildman–Crippen MR) is 115 cm³/mol. The van der Waals surface area contributed by atoms with Crippen LogP contribution in [-0.2, 0) is 13.0 Å². The molecule has 154 valence electrons.